The molecule has 1 aliphatic rings. The van der Waals surface area contributed by atoms with Gasteiger partial charge in [0.15, 0.2) is 0 Å². The van der Waals surface area contributed by atoms with Crippen LogP contribution in [0.5, 0.6) is 0 Å². The highest BCUT2D eigenvalue weighted by atomic mass is 16.2. The fourth-order valence-electron chi connectivity index (χ4n) is 3.31. The van der Waals surface area contributed by atoms with E-state index in [0.29, 0.717) is 12.8 Å². The first-order chi connectivity index (χ1) is 12.8. The van der Waals surface area contributed by atoms with Gasteiger partial charge in [-0.15, -0.1) is 0 Å². The number of aromatic nitrogens is 5. The van der Waals surface area contributed by atoms with E-state index in [2.05, 4.69) is 20.0 Å². The number of piperazine rings is 1. The predicted molar refractivity (Wildman–Crippen MR) is 96.6 cm³/mol. The van der Waals surface area contributed by atoms with Gasteiger partial charge in [0.2, 0.25) is 5.91 Å². The number of carbonyl (C=O) groups excluding carboxylic acids is 1. The van der Waals surface area contributed by atoms with Gasteiger partial charge in [0, 0.05) is 51.5 Å². The van der Waals surface area contributed by atoms with E-state index in [1.807, 2.05) is 44.6 Å². The smallest absolute Gasteiger partial charge is 0.223 e. The lowest BCUT2D eigenvalue weighted by Crippen LogP contribution is -2.49. The van der Waals surface area contributed by atoms with Gasteiger partial charge >= 0.3 is 0 Å². The number of carbonyl (C=O) groups is 1. The molecule has 1 aliphatic heterocycles. The highest BCUT2D eigenvalue weighted by Gasteiger charge is 2.21. The van der Waals surface area contributed by atoms with E-state index in [1.54, 1.807) is 12.7 Å². The van der Waals surface area contributed by atoms with Gasteiger partial charge in [-0.1, -0.05) is 6.07 Å². The normalized spacial score (nSPS) is 15.6. The van der Waals surface area contributed by atoms with Crippen LogP contribution in [0.15, 0.2) is 43.2 Å². The maximum absolute atomic E-state index is 12.5. The van der Waals surface area contributed by atoms with Crippen molar-refractivity contribution in [1.82, 2.24) is 33.9 Å². The standard InChI is InChI=1S/C18H23N7O/c26-18(5-4-16-13-24-6-2-1-3-17(24)21-16)23-10-7-22(8-11-23)9-12-25-15-19-14-20-25/h1-3,6,13-15H,4-5,7-12H2. The van der Waals surface area contributed by atoms with E-state index in [-0.39, 0.29) is 5.91 Å². The summed E-state index contributed by atoms with van der Waals surface area (Å²) in [6.07, 6.45) is 8.48. The summed E-state index contributed by atoms with van der Waals surface area (Å²) in [4.78, 5) is 25.3. The number of hydrogen-bond donors (Lipinski definition) is 0. The van der Waals surface area contributed by atoms with Crippen LogP contribution in [0.1, 0.15) is 12.1 Å². The molecule has 8 nitrogen and oxygen atoms in total. The molecule has 0 spiro atoms. The van der Waals surface area contributed by atoms with Gasteiger partial charge in [0.1, 0.15) is 18.3 Å². The molecule has 0 radical (unpaired) electrons. The van der Waals surface area contributed by atoms with Crippen LogP contribution in [0.25, 0.3) is 5.65 Å². The molecule has 1 amide bonds. The quantitative estimate of drug-likeness (QED) is 0.652. The van der Waals surface area contributed by atoms with Crippen molar-refractivity contribution in [3.8, 4) is 0 Å². The van der Waals surface area contributed by atoms with Crippen LogP contribution < -0.4 is 0 Å². The summed E-state index contributed by atoms with van der Waals surface area (Å²) in [5, 5.41) is 4.12. The molecule has 0 aromatic carbocycles. The number of amides is 1. The van der Waals surface area contributed by atoms with Gasteiger partial charge < -0.3 is 9.30 Å². The zero-order chi connectivity index (χ0) is 17.8. The van der Waals surface area contributed by atoms with Gasteiger partial charge in [-0.2, -0.15) is 5.10 Å². The van der Waals surface area contributed by atoms with Crippen molar-refractivity contribution in [2.75, 3.05) is 32.7 Å². The average molecular weight is 353 g/mol. The second-order valence-electron chi connectivity index (χ2n) is 6.58. The molecule has 26 heavy (non-hydrogen) atoms. The summed E-state index contributed by atoms with van der Waals surface area (Å²) in [6, 6.07) is 5.93. The molecule has 1 fully saturated rings. The van der Waals surface area contributed by atoms with Gasteiger partial charge in [0.05, 0.1) is 12.2 Å². The third-order valence-electron chi connectivity index (χ3n) is 4.85. The van der Waals surface area contributed by atoms with Crippen molar-refractivity contribution in [2.24, 2.45) is 0 Å². The molecule has 1 saturated heterocycles. The van der Waals surface area contributed by atoms with E-state index >= 15 is 0 Å². The highest BCUT2D eigenvalue weighted by Crippen LogP contribution is 2.09. The van der Waals surface area contributed by atoms with Crippen LogP contribution in [0.3, 0.4) is 0 Å². The minimum Gasteiger partial charge on any atom is -0.340 e. The van der Waals surface area contributed by atoms with E-state index in [9.17, 15) is 4.79 Å². The Hall–Kier alpha value is -2.74. The fourth-order valence-corrected chi connectivity index (χ4v) is 3.31. The summed E-state index contributed by atoms with van der Waals surface area (Å²) < 4.78 is 3.83. The Bertz CT molecular complexity index is 816. The van der Waals surface area contributed by atoms with Gasteiger partial charge in [-0.25, -0.2) is 9.97 Å². The van der Waals surface area contributed by atoms with Crippen molar-refractivity contribution in [3.05, 3.63) is 48.9 Å². The molecule has 0 bridgehead atoms. The molecular formula is C18H23N7O. The molecule has 3 aromatic heterocycles. The predicted octanol–water partition coefficient (Wildman–Crippen LogP) is 0.703. The second-order valence-corrected chi connectivity index (χ2v) is 6.58. The monoisotopic (exact) mass is 353 g/mol. The summed E-state index contributed by atoms with van der Waals surface area (Å²) in [6.45, 7) is 5.18. The SMILES string of the molecule is O=C(CCc1cn2ccccc2n1)N1CCN(CCn2cncn2)CC1. The first kappa shape index (κ1) is 16.7. The lowest BCUT2D eigenvalue weighted by molar-refractivity contribution is -0.132. The number of nitrogens with zero attached hydrogens (tertiary/aromatic N) is 7. The van der Waals surface area contributed by atoms with Crippen molar-refractivity contribution in [3.63, 3.8) is 0 Å². The number of imidazole rings is 1. The van der Waals surface area contributed by atoms with Gasteiger partial charge in [-0.05, 0) is 18.6 Å². The third-order valence-corrected chi connectivity index (χ3v) is 4.85. The number of pyridine rings is 1. The summed E-state index contributed by atoms with van der Waals surface area (Å²) in [7, 11) is 0. The molecule has 3 aromatic rings. The molecule has 0 aliphatic carbocycles. The van der Waals surface area contributed by atoms with Gasteiger partial charge in [0.25, 0.3) is 0 Å². The Balaban J connectivity index is 1.22. The first-order valence-corrected chi connectivity index (χ1v) is 9.03. The van der Waals surface area contributed by atoms with Crippen molar-refractivity contribution in [2.45, 2.75) is 19.4 Å². The number of aryl methyl sites for hydroxylation is 1. The van der Waals surface area contributed by atoms with Crippen LogP contribution in [0.4, 0.5) is 0 Å². The largest absolute Gasteiger partial charge is 0.340 e. The van der Waals surface area contributed by atoms with Crippen LogP contribution in [-0.4, -0.2) is 72.6 Å². The van der Waals surface area contributed by atoms with Gasteiger partial charge in [-0.3, -0.25) is 14.4 Å². The highest BCUT2D eigenvalue weighted by molar-refractivity contribution is 5.76. The molecule has 0 unspecified atom stereocenters. The zero-order valence-corrected chi connectivity index (χ0v) is 14.7. The Morgan fingerprint density at radius 1 is 1.12 bits per heavy atom. The molecule has 8 heteroatoms. The minimum absolute atomic E-state index is 0.220. The minimum atomic E-state index is 0.220. The molecule has 136 valence electrons. The maximum atomic E-state index is 12.5. The van der Waals surface area contributed by atoms with Crippen molar-refractivity contribution in [1.29, 1.82) is 0 Å². The van der Waals surface area contributed by atoms with E-state index < -0.39 is 0 Å². The molecule has 4 heterocycles. The van der Waals surface area contributed by atoms with Crippen LogP contribution in [0.2, 0.25) is 0 Å². The maximum Gasteiger partial charge on any atom is 0.223 e. The number of hydrogen-bond acceptors (Lipinski definition) is 5. The average Bonchev–Trinajstić information content (AvgIpc) is 3.34. The summed E-state index contributed by atoms with van der Waals surface area (Å²) in [5.41, 5.74) is 1.90. The summed E-state index contributed by atoms with van der Waals surface area (Å²) in [5.74, 6) is 0.220. The number of fused-ring (bicyclic) bond motifs is 1. The molecule has 4 rings (SSSR count). The molecule has 0 saturated carbocycles. The molecule has 0 N–H and O–H groups in total. The Morgan fingerprint density at radius 3 is 2.77 bits per heavy atom. The number of rotatable bonds is 6. The lowest BCUT2D eigenvalue weighted by Gasteiger charge is -2.34. The first-order valence-electron chi connectivity index (χ1n) is 9.03. The van der Waals surface area contributed by atoms with Crippen molar-refractivity contribution < 1.29 is 4.79 Å². The Labute approximate surface area is 152 Å². The van der Waals surface area contributed by atoms with Crippen LogP contribution >= 0.6 is 0 Å². The second kappa shape index (κ2) is 7.65. The lowest BCUT2D eigenvalue weighted by atomic mass is 10.2. The third kappa shape index (κ3) is 3.91. The van der Waals surface area contributed by atoms with Crippen molar-refractivity contribution >= 4 is 11.6 Å². The Kier molecular flexibility index (Phi) is 4.92. The topological polar surface area (TPSA) is 71.6 Å². The van der Waals surface area contributed by atoms with Crippen LogP contribution in [-0.2, 0) is 17.8 Å². The summed E-state index contributed by atoms with van der Waals surface area (Å²) >= 11 is 0. The fraction of sp³-hybridized carbons (Fsp3) is 0.444. The van der Waals surface area contributed by atoms with E-state index in [0.717, 1.165) is 50.6 Å². The van der Waals surface area contributed by atoms with Crippen LogP contribution in [0, 0.1) is 0 Å². The zero-order valence-electron chi connectivity index (χ0n) is 14.7. The van der Waals surface area contributed by atoms with E-state index in [4.69, 9.17) is 0 Å². The van der Waals surface area contributed by atoms with E-state index in [1.165, 1.54) is 0 Å². The Morgan fingerprint density at radius 2 is 2.00 bits per heavy atom. The molecular weight excluding hydrogens is 330 g/mol. The molecule has 0 atom stereocenters.